The molecule has 0 aromatic rings. The standard InChI is InChI=1S/C12H25N3O/c1-10(2)8-15-7-5-6-13-11(12(15)16)9-14(3)4/h10-11,13H,5-9H2,1-4H3. The van der Waals surface area contributed by atoms with Gasteiger partial charge in [-0.25, -0.2) is 0 Å². The van der Waals surface area contributed by atoms with Gasteiger partial charge < -0.3 is 15.1 Å². The van der Waals surface area contributed by atoms with Crippen molar-refractivity contribution in [2.24, 2.45) is 5.92 Å². The van der Waals surface area contributed by atoms with Crippen LogP contribution in [-0.2, 0) is 4.79 Å². The molecule has 1 saturated heterocycles. The molecule has 0 aliphatic carbocycles. The monoisotopic (exact) mass is 227 g/mol. The van der Waals surface area contributed by atoms with Crippen LogP contribution in [0.5, 0.6) is 0 Å². The third-order valence-electron chi connectivity index (χ3n) is 2.74. The van der Waals surface area contributed by atoms with Gasteiger partial charge in [0.15, 0.2) is 0 Å². The quantitative estimate of drug-likeness (QED) is 0.755. The molecule has 4 heteroatoms. The molecule has 1 unspecified atom stereocenters. The number of nitrogens with one attached hydrogen (secondary N) is 1. The summed E-state index contributed by atoms with van der Waals surface area (Å²) in [7, 11) is 4.01. The Morgan fingerprint density at radius 1 is 1.50 bits per heavy atom. The number of likely N-dealkylation sites (N-methyl/N-ethyl adjacent to an activating group) is 1. The fourth-order valence-corrected chi connectivity index (χ4v) is 2.09. The fraction of sp³-hybridized carbons (Fsp3) is 0.917. The van der Waals surface area contributed by atoms with Crippen LogP contribution in [-0.4, -0.2) is 62.0 Å². The van der Waals surface area contributed by atoms with Crippen molar-refractivity contribution in [3.05, 3.63) is 0 Å². The minimum atomic E-state index is -0.0313. The van der Waals surface area contributed by atoms with Gasteiger partial charge in [0.1, 0.15) is 0 Å². The second kappa shape index (κ2) is 6.21. The Hall–Kier alpha value is -0.610. The van der Waals surface area contributed by atoms with E-state index in [9.17, 15) is 4.79 Å². The highest BCUT2D eigenvalue weighted by atomic mass is 16.2. The Morgan fingerprint density at radius 3 is 2.75 bits per heavy atom. The number of hydrogen-bond acceptors (Lipinski definition) is 3. The summed E-state index contributed by atoms with van der Waals surface area (Å²) < 4.78 is 0. The smallest absolute Gasteiger partial charge is 0.241 e. The maximum atomic E-state index is 12.3. The van der Waals surface area contributed by atoms with Gasteiger partial charge in [-0.1, -0.05) is 13.8 Å². The van der Waals surface area contributed by atoms with Gasteiger partial charge in [-0.05, 0) is 33.0 Å². The van der Waals surface area contributed by atoms with Crippen molar-refractivity contribution in [2.75, 3.05) is 40.3 Å². The maximum absolute atomic E-state index is 12.3. The molecule has 0 aromatic heterocycles. The average Bonchev–Trinajstić information content (AvgIpc) is 2.31. The van der Waals surface area contributed by atoms with E-state index in [0.717, 1.165) is 32.6 Å². The summed E-state index contributed by atoms with van der Waals surface area (Å²) in [6.07, 6.45) is 1.06. The van der Waals surface area contributed by atoms with Crippen LogP contribution in [0.1, 0.15) is 20.3 Å². The lowest BCUT2D eigenvalue weighted by atomic mass is 10.2. The van der Waals surface area contributed by atoms with E-state index in [4.69, 9.17) is 0 Å². The summed E-state index contributed by atoms with van der Waals surface area (Å²) in [5.74, 6) is 0.807. The maximum Gasteiger partial charge on any atom is 0.241 e. The molecule has 0 bridgehead atoms. The molecular weight excluding hydrogens is 202 g/mol. The summed E-state index contributed by atoms with van der Waals surface area (Å²) in [5, 5.41) is 3.33. The fourth-order valence-electron chi connectivity index (χ4n) is 2.09. The summed E-state index contributed by atoms with van der Waals surface area (Å²) in [6.45, 7) is 7.82. The first-order valence-corrected chi connectivity index (χ1v) is 6.17. The highest BCUT2D eigenvalue weighted by molar-refractivity contribution is 5.82. The van der Waals surface area contributed by atoms with Gasteiger partial charge >= 0.3 is 0 Å². The third kappa shape index (κ3) is 4.10. The molecule has 94 valence electrons. The first kappa shape index (κ1) is 13.5. The van der Waals surface area contributed by atoms with Gasteiger partial charge in [0.2, 0.25) is 5.91 Å². The van der Waals surface area contributed by atoms with E-state index in [2.05, 4.69) is 24.1 Å². The Labute approximate surface area is 99.0 Å². The van der Waals surface area contributed by atoms with Crippen LogP contribution >= 0.6 is 0 Å². The Kier molecular flexibility index (Phi) is 5.22. The molecule has 1 amide bonds. The molecule has 1 N–H and O–H groups in total. The highest BCUT2D eigenvalue weighted by Gasteiger charge is 2.26. The van der Waals surface area contributed by atoms with Crippen LogP contribution in [0.15, 0.2) is 0 Å². The van der Waals surface area contributed by atoms with Crippen molar-refractivity contribution in [3.63, 3.8) is 0 Å². The SMILES string of the molecule is CC(C)CN1CCCNC(CN(C)C)C1=O. The van der Waals surface area contributed by atoms with Gasteiger partial charge in [0.05, 0.1) is 6.04 Å². The predicted molar refractivity (Wildman–Crippen MR) is 66.4 cm³/mol. The van der Waals surface area contributed by atoms with Crippen LogP contribution < -0.4 is 5.32 Å². The van der Waals surface area contributed by atoms with E-state index in [1.807, 2.05) is 19.0 Å². The highest BCUT2D eigenvalue weighted by Crippen LogP contribution is 2.07. The number of amides is 1. The van der Waals surface area contributed by atoms with Crippen molar-refractivity contribution in [3.8, 4) is 0 Å². The van der Waals surface area contributed by atoms with Crippen LogP contribution in [0.4, 0.5) is 0 Å². The average molecular weight is 227 g/mol. The van der Waals surface area contributed by atoms with Gasteiger partial charge in [-0.15, -0.1) is 0 Å². The van der Waals surface area contributed by atoms with Gasteiger partial charge in [0, 0.05) is 19.6 Å². The largest absolute Gasteiger partial charge is 0.341 e. The summed E-state index contributed by atoms with van der Waals surface area (Å²) in [4.78, 5) is 16.3. The Morgan fingerprint density at radius 2 is 2.19 bits per heavy atom. The van der Waals surface area contributed by atoms with E-state index >= 15 is 0 Å². The normalized spacial score (nSPS) is 23.0. The molecule has 1 rings (SSSR count). The Bertz CT molecular complexity index is 206. The van der Waals surface area contributed by atoms with Crippen molar-refractivity contribution in [2.45, 2.75) is 26.3 Å². The first-order valence-electron chi connectivity index (χ1n) is 6.17. The summed E-state index contributed by atoms with van der Waals surface area (Å²) in [6, 6.07) is -0.0313. The third-order valence-corrected chi connectivity index (χ3v) is 2.74. The van der Waals surface area contributed by atoms with E-state index in [1.165, 1.54) is 0 Å². The first-order chi connectivity index (χ1) is 7.50. The van der Waals surface area contributed by atoms with Gasteiger partial charge in [-0.3, -0.25) is 4.79 Å². The van der Waals surface area contributed by atoms with Gasteiger partial charge in [-0.2, -0.15) is 0 Å². The molecule has 1 atom stereocenters. The van der Waals surface area contributed by atoms with Crippen LogP contribution in [0, 0.1) is 5.92 Å². The van der Waals surface area contributed by atoms with Crippen LogP contribution in [0.3, 0.4) is 0 Å². The number of hydrogen-bond donors (Lipinski definition) is 1. The molecular formula is C12H25N3O. The van der Waals surface area contributed by atoms with Gasteiger partial charge in [0.25, 0.3) is 0 Å². The number of carbonyl (C=O) groups excluding carboxylic acids is 1. The molecule has 1 aliphatic heterocycles. The second-order valence-corrected chi connectivity index (χ2v) is 5.30. The molecule has 1 fully saturated rings. The zero-order valence-corrected chi connectivity index (χ0v) is 11.0. The minimum Gasteiger partial charge on any atom is -0.341 e. The lowest BCUT2D eigenvalue weighted by Crippen LogP contribution is -2.49. The number of rotatable bonds is 4. The van der Waals surface area contributed by atoms with Crippen LogP contribution in [0.2, 0.25) is 0 Å². The molecule has 0 spiro atoms. The van der Waals surface area contributed by atoms with E-state index in [1.54, 1.807) is 0 Å². The number of nitrogens with zero attached hydrogens (tertiary/aromatic N) is 2. The van der Waals surface area contributed by atoms with Crippen LogP contribution in [0.25, 0.3) is 0 Å². The van der Waals surface area contributed by atoms with E-state index in [-0.39, 0.29) is 11.9 Å². The molecule has 0 radical (unpaired) electrons. The van der Waals surface area contributed by atoms with Crippen molar-refractivity contribution in [1.82, 2.24) is 15.1 Å². The lowest BCUT2D eigenvalue weighted by molar-refractivity contribution is -0.133. The van der Waals surface area contributed by atoms with E-state index in [0.29, 0.717) is 5.92 Å². The van der Waals surface area contributed by atoms with Crippen molar-refractivity contribution < 1.29 is 4.79 Å². The predicted octanol–water partition coefficient (Wildman–Crippen LogP) is 0.395. The van der Waals surface area contributed by atoms with Crippen molar-refractivity contribution in [1.29, 1.82) is 0 Å². The topological polar surface area (TPSA) is 35.6 Å². The zero-order chi connectivity index (χ0) is 12.1. The summed E-state index contributed by atoms with van der Waals surface area (Å²) >= 11 is 0. The molecule has 1 aliphatic rings. The van der Waals surface area contributed by atoms with Crippen molar-refractivity contribution >= 4 is 5.91 Å². The molecule has 1 heterocycles. The van der Waals surface area contributed by atoms with E-state index < -0.39 is 0 Å². The lowest BCUT2D eigenvalue weighted by Gasteiger charge is -2.27. The Balaban J connectivity index is 2.61. The zero-order valence-electron chi connectivity index (χ0n) is 11.0. The molecule has 4 nitrogen and oxygen atoms in total. The molecule has 0 aromatic carbocycles. The number of carbonyl (C=O) groups is 1. The summed E-state index contributed by atoms with van der Waals surface area (Å²) in [5.41, 5.74) is 0. The molecule has 0 saturated carbocycles. The second-order valence-electron chi connectivity index (χ2n) is 5.30. The molecule has 16 heavy (non-hydrogen) atoms. The minimum absolute atomic E-state index is 0.0313.